The minimum Gasteiger partial charge on any atom is -0.312 e. The Labute approximate surface area is 122 Å². The molecule has 108 valence electrons. The Morgan fingerprint density at radius 1 is 1.40 bits per heavy atom. The molecule has 0 bridgehead atoms. The molecular formula is C14H19FN4S. The fourth-order valence-electron chi connectivity index (χ4n) is 1.77. The average Bonchev–Trinajstić information content (AvgIpc) is 2.78. The third kappa shape index (κ3) is 3.80. The number of rotatable bonds is 6. The van der Waals surface area contributed by atoms with E-state index in [4.69, 9.17) is 0 Å². The SMILES string of the molecule is CC(C)CNCc1c(F)cccc1Sc1ncnn1C. The highest BCUT2D eigenvalue weighted by Gasteiger charge is 2.12. The maximum atomic E-state index is 14.0. The molecule has 0 saturated carbocycles. The first-order chi connectivity index (χ1) is 9.58. The number of nitrogens with zero attached hydrogens (tertiary/aromatic N) is 3. The minimum atomic E-state index is -0.187. The molecule has 0 atom stereocenters. The number of nitrogens with one attached hydrogen (secondary N) is 1. The van der Waals surface area contributed by atoms with Gasteiger partial charge in [0.25, 0.3) is 0 Å². The average molecular weight is 294 g/mol. The van der Waals surface area contributed by atoms with Crippen molar-refractivity contribution in [2.45, 2.75) is 30.4 Å². The highest BCUT2D eigenvalue weighted by Crippen LogP contribution is 2.29. The van der Waals surface area contributed by atoms with Gasteiger partial charge in [0.2, 0.25) is 0 Å². The fraction of sp³-hybridized carbons (Fsp3) is 0.429. The van der Waals surface area contributed by atoms with Gasteiger partial charge < -0.3 is 5.32 Å². The van der Waals surface area contributed by atoms with Crippen molar-refractivity contribution in [1.29, 1.82) is 0 Å². The summed E-state index contributed by atoms with van der Waals surface area (Å²) in [5.41, 5.74) is 0.682. The summed E-state index contributed by atoms with van der Waals surface area (Å²) >= 11 is 1.43. The normalized spacial score (nSPS) is 11.2. The molecule has 2 aromatic rings. The highest BCUT2D eigenvalue weighted by atomic mass is 32.2. The maximum Gasteiger partial charge on any atom is 0.190 e. The van der Waals surface area contributed by atoms with Gasteiger partial charge in [-0.15, -0.1) is 0 Å². The van der Waals surface area contributed by atoms with Crippen LogP contribution >= 0.6 is 11.8 Å². The molecule has 0 fully saturated rings. The lowest BCUT2D eigenvalue weighted by Crippen LogP contribution is -2.20. The van der Waals surface area contributed by atoms with E-state index in [0.29, 0.717) is 18.0 Å². The van der Waals surface area contributed by atoms with E-state index in [-0.39, 0.29) is 5.82 Å². The molecule has 1 heterocycles. The maximum absolute atomic E-state index is 14.0. The van der Waals surface area contributed by atoms with Crippen LogP contribution in [-0.4, -0.2) is 21.3 Å². The Morgan fingerprint density at radius 3 is 2.85 bits per heavy atom. The van der Waals surface area contributed by atoms with Crippen molar-refractivity contribution < 1.29 is 4.39 Å². The van der Waals surface area contributed by atoms with Gasteiger partial charge in [-0.1, -0.05) is 19.9 Å². The van der Waals surface area contributed by atoms with Crippen LogP contribution in [0.2, 0.25) is 0 Å². The van der Waals surface area contributed by atoms with Crippen LogP contribution in [0, 0.1) is 11.7 Å². The van der Waals surface area contributed by atoms with Gasteiger partial charge in [0.1, 0.15) is 12.1 Å². The van der Waals surface area contributed by atoms with Crippen molar-refractivity contribution in [2.24, 2.45) is 13.0 Å². The number of aromatic nitrogens is 3. The summed E-state index contributed by atoms with van der Waals surface area (Å²) in [6.45, 7) is 5.64. The van der Waals surface area contributed by atoms with Gasteiger partial charge in [-0.2, -0.15) is 5.10 Å². The van der Waals surface area contributed by atoms with Crippen molar-refractivity contribution in [3.8, 4) is 0 Å². The Hall–Kier alpha value is -1.40. The summed E-state index contributed by atoms with van der Waals surface area (Å²) in [5.74, 6) is 0.352. The van der Waals surface area contributed by atoms with Crippen molar-refractivity contribution in [1.82, 2.24) is 20.1 Å². The number of hydrogen-bond acceptors (Lipinski definition) is 4. The molecule has 0 saturated heterocycles. The first-order valence-electron chi connectivity index (χ1n) is 6.58. The molecule has 1 aromatic carbocycles. The van der Waals surface area contributed by atoms with Gasteiger partial charge in [0, 0.05) is 24.1 Å². The number of hydrogen-bond donors (Lipinski definition) is 1. The standard InChI is InChI=1S/C14H19FN4S/c1-10(2)7-16-8-11-12(15)5-4-6-13(11)20-14-17-9-18-19(14)3/h4-6,9-10,16H,7-8H2,1-3H3. The molecule has 0 unspecified atom stereocenters. The first kappa shape index (κ1) is 15.0. The van der Waals surface area contributed by atoms with Crippen LogP contribution in [0.4, 0.5) is 4.39 Å². The second-order valence-corrected chi connectivity index (χ2v) is 6.02. The number of benzene rings is 1. The molecule has 0 amide bonds. The summed E-state index contributed by atoms with van der Waals surface area (Å²) < 4.78 is 15.7. The lowest BCUT2D eigenvalue weighted by molar-refractivity contribution is 0.530. The second-order valence-electron chi connectivity index (χ2n) is 5.01. The van der Waals surface area contributed by atoms with Crippen LogP contribution < -0.4 is 5.32 Å². The van der Waals surface area contributed by atoms with E-state index < -0.39 is 0 Å². The third-order valence-electron chi connectivity index (χ3n) is 2.80. The van der Waals surface area contributed by atoms with Gasteiger partial charge in [-0.05, 0) is 36.4 Å². The van der Waals surface area contributed by atoms with E-state index >= 15 is 0 Å². The summed E-state index contributed by atoms with van der Waals surface area (Å²) in [4.78, 5) is 5.03. The second kappa shape index (κ2) is 6.85. The molecule has 6 heteroatoms. The van der Waals surface area contributed by atoms with Crippen molar-refractivity contribution in [2.75, 3.05) is 6.54 Å². The van der Waals surface area contributed by atoms with Crippen LogP contribution in [0.5, 0.6) is 0 Å². The lowest BCUT2D eigenvalue weighted by Gasteiger charge is -2.12. The topological polar surface area (TPSA) is 42.7 Å². The molecule has 0 spiro atoms. The van der Waals surface area contributed by atoms with E-state index in [1.807, 2.05) is 13.1 Å². The smallest absolute Gasteiger partial charge is 0.190 e. The van der Waals surface area contributed by atoms with E-state index in [2.05, 4.69) is 29.2 Å². The number of halogens is 1. The van der Waals surface area contributed by atoms with Crippen LogP contribution in [-0.2, 0) is 13.6 Å². The van der Waals surface area contributed by atoms with Gasteiger partial charge in [-0.3, -0.25) is 0 Å². The van der Waals surface area contributed by atoms with Crippen molar-refractivity contribution in [3.05, 3.63) is 35.9 Å². The van der Waals surface area contributed by atoms with Gasteiger partial charge >= 0.3 is 0 Å². The summed E-state index contributed by atoms with van der Waals surface area (Å²) in [7, 11) is 1.82. The van der Waals surface area contributed by atoms with Gasteiger partial charge in [0.15, 0.2) is 5.16 Å². The monoisotopic (exact) mass is 294 g/mol. The lowest BCUT2D eigenvalue weighted by atomic mass is 10.2. The molecule has 4 nitrogen and oxygen atoms in total. The molecule has 1 aromatic heterocycles. The molecule has 20 heavy (non-hydrogen) atoms. The number of aryl methyl sites for hydroxylation is 1. The fourth-order valence-corrected chi connectivity index (χ4v) is 2.68. The molecule has 0 aliphatic rings. The summed E-state index contributed by atoms with van der Waals surface area (Å²) in [6.07, 6.45) is 1.50. The quantitative estimate of drug-likeness (QED) is 0.889. The predicted molar refractivity (Wildman–Crippen MR) is 78.1 cm³/mol. The van der Waals surface area contributed by atoms with E-state index in [0.717, 1.165) is 16.6 Å². The van der Waals surface area contributed by atoms with E-state index in [1.165, 1.54) is 24.2 Å². The highest BCUT2D eigenvalue weighted by molar-refractivity contribution is 7.99. The zero-order chi connectivity index (χ0) is 14.5. The van der Waals surface area contributed by atoms with Crippen LogP contribution in [0.15, 0.2) is 34.6 Å². The van der Waals surface area contributed by atoms with Crippen molar-refractivity contribution >= 4 is 11.8 Å². The van der Waals surface area contributed by atoms with Crippen molar-refractivity contribution in [3.63, 3.8) is 0 Å². The minimum absolute atomic E-state index is 0.187. The molecule has 0 radical (unpaired) electrons. The van der Waals surface area contributed by atoms with Crippen LogP contribution in [0.1, 0.15) is 19.4 Å². The van der Waals surface area contributed by atoms with E-state index in [9.17, 15) is 4.39 Å². The Kier molecular flexibility index (Phi) is 5.14. The Bertz CT molecular complexity index is 568. The molecule has 1 N–H and O–H groups in total. The Balaban J connectivity index is 2.15. The van der Waals surface area contributed by atoms with E-state index in [1.54, 1.807) is 10.7 Å². The van der Waals surface area contributed by atoms with Crippen LogP contribution in [0.25, 0.3) is 0 Å². The summed E-state index contributed by atoms with van der Waals surface area (Å²) in [5, 5.41) is 8.06. The summed E-state index contributed by atoms with van der Waals surface area (Å²) in [6, 6.07) is 5.13. The molecular weight excluding hydrogens is 275 g/mol. The molecule has 2 rings (SSSR count). The van der Waals surface area contributed by atoms with Gasteiger partial charge in [0.05, 0.1) is 0 Å². The molecule has 0 aliphatic heterocycles. The largest absolute Gasteiger partial charge is 0.312 e. The third-order valence-corrected chi connectivity index (χ3v) is 3.96. The van der Waals surface area contributed by atoms with Crippen LogP contribution in [0.3, 0.4) is 0 Å². The first-order valence-corrected chi connectivity index (χ1v) is 7.39. The molecule has 0 aliphatic carbocycles. The zero-order valence-electron chi connectivity index (χ0n) is 11.9. The zero-order valence-corrected chi connectivity index (χ0v) is 12.7. The predicted octanol–water partition coefficient (Wildman–Crippen LogP) is 2.85. The Morgan fingerprint density at radius 2 is 2.20 bits per heavy atom. The van der Waals surface area contributed by atoms with Gasteiger partial charge in [-0.25, -0.2) is 14.1 Å².